The van der Waals surface area contributed by atoms with Crippen molar-refractivity contribution >= 4 is 5.69 Å². The van der Waals surface area contributed by atoms with Crippen LogP contribution in [0.1, 0.15) is 19.4 Å². The summed E-state index contributed by atoms with van der Waals surface area (Å²) < 4.78 is 5.51. The first-order chi connectivity index (χ1) is 6.29. The Morgan fingerprint density at radius 3 is 2.69 bits per heavy atom. The van der Waals surface area contributed by atoms with Gasteiger partial charge < -0.3 is 10.1 Å². The maximum atomic E-state index is 5.51. The first kappa shape index (κ1) is 9.90. The van der Waals surface area contributed by atoms with Gasteiger partial charge in [0.05, 0.1) is 12.3 Å². The molecule has 0 saturated heterocycles. The lowest BCUT2D eigenvalue weighted by molar-refractivity contribution is 0.341. The molecule has 0 spiro atoms. The van der Waals surface area contributed by atoms with Crippen LogP contribution in [0.15, 0.2) is 18.2 Å². The van der Waals surface area contributed by atoms with Crippen LogP contribution in [0.4, 0.5) is 5.69 Å². The quantitative estimate of drug-likeness (QED) is 0.767. The van der Waals surface area contributed by atoms with Crippen molar-refractivity contribution in [3.63, 3.8) is 0 Å². The molecule has 0 fully saturated rings. The molecule has 72 valence electrons. The Hall–Kier alpha value is -1.18. The van der Waals surface area contributed by atoms with Crippen LogP contribution >= 0.6 is 0 Å². The van der Waals surface area contributed by atoms with Crippen molar-refractivity contribution in [2.75, 3.05) is 18.5 Å². The summed E-state index contributed by atoms with van der Waals surface area (Å²) in [6, 6.07) is 6.09. The summed E-state index contributed by atoms with van der Waals surface area (Å²) in [7, 11) is 0. The van der Waals surface area contributed by atoms with E-state index in [1.165, 1.54) is 5.56 Å². The maximum Gasteiger partial charge on any atom is 0.142 e. The van der Waals surface area contributed by atoms with E-state index in [0.717, 1.165) is 18.0 Å². The molecule has 0 aliphatic carbocycles. The summed E-state index contributed by atoms with van der Waals surface area (Å²) in [5.74, 6) is 0.948. The molecule has 0 amide bonds. The molecule has 0 unspecified atom stereocenters. The van der Waals surface area contributed by atoms with Crippen LogP contribution in [-0.2, 0) is 0 Å². The summed E-state index contributed by atoms with van der Waals surface area (Å²) in [5.41, 5.74) is 2.35. The Balaban J connectivity index is 2.95. The van der Waals surface area contributed by atoms with Crippen molar-refractivity contribution in [2.45, 2.75) is 20.8 Å². The average Bonchev–Trinajstić information content (AvgIpc) is 2.11. The highest BCUT2D eigenvalue weighted by Crippen LogP contribution is 2.27. The highest BCUT2D eigenvalue weighted by molar-refractivity contribution is 5.61. The zero-order valence-corrected chi connectivity index (χ0v) is 8.55. The molecule has 0 aliphatic heterocycles. The first-order valence-corrected chi connectivity index (χ1v) is 4.75. The van der Waals surface area contributed by atoms with Crippen molar-refractivity contribution in [2.24, 2.45) is 0 Å². The van der Waals surface area contributed by atoms with E-state index in [4.69, 9.17) is 4.74 Å². The van der Waals surface area contributed by atoms with Crippen molar-refractivity contribution in [1.82, 2.24) is 0 Å². The Morgan fingerprint density at radius 1 is 1.31 bits per heavy atom. The number of aryl methyl sites for hydroxylation is 1. The van der Waals surface area contributed by atoms with Crippen molar-refractivity contribution < 1.29 is 4.74 Å². The lowest BCUT2D eigenvalue weighted by Gasteiger charge is -2.13. The lowest BCUT2D eigenvalue weighted by Crippen LogP contribution is -2.02. The minimum Gasteiger partial charge on any atom is -0.492 e. The second kappa shape index (κ2) is 4.75. The van der Waals surface area contributed by atoms with Crippen molar-refractivity contribution in [1.29, 1.82) is 0 Å². The number of anilines is 1. The Kier molecular flexibility index (Phi) is 3.62. The summed E-state index contributed by atoms with van der Waals surface area (Å²) in [4.78, 5) is 0. The first-order valence-electron chi connectivity index (χ1n) is 4.75. The van der Waals surface area contributed by atoms with Gasteiger partial charge in [-0.2, -0.15) is 0 Å². The van der Waals surface area contributed by atoms with Gasteiger partial charge in [0.2, 0.25) is 0 Å². The summed E-state index contributed by atoms with van der Waals surface area (Å²) in [5, 5.41) is 3.30. The predicted octanol–water partition coefficient (Wildman–Crippen LogP) is 2.83. The minimum atomic E-state index is 0.710. The molecule has 0 radical (unpaired) electrons. The van der Waals surface area contributed by atoms with Gasteiger partial charge in [0.15, 0.2) is 0 Å². The number of ether oxygens (including phenoxy) is 1. The number of nitrogens with one attached hydrogen (secondary N) is 1. The van der Waals surface area contributed by atoms with Crippen LogP contribution in [0.3, 0.4) is 0 Å². The molecule has 0 bridgehead atoms. The fraction of sp³-hybridized carbons (Fsp3) is 0.455. The van der Waals surface area contributed by atoms with Gasteiger partial charge in [0.25, 0.3) is 0 Å². The standard InChI is InChI=1S/C11H17NO/c1-4-12-11-9(3)7-6-8-10(11)13-5-2/h6-8,12H,4-5H2,1-3H3. The lowest BCUT2D eigenvalue weighted by atomic mass is 10.2. The van der Waals surface area contributed by atoms with E-state index in [1.54, 1.807) is 0 Å². The van der Waals surface area contributed by atoms with Crippen LogP contribution in [0.25, 0.3) is 0 Å². The van der Waals surface area contributed by atoms with Crippen molar-refractivity contribution in [3.8, 4) is 5.75 Å². The van der Waals surface area contributed by atoms with Gasteiger partial charge in [-0.1, -0.05) is 12.1 Å². The number of hydrogen-bond donors (Lipinski definition) is 1. The third kappa shape index (κ3) is 2.38. The molecule has 0 saturated carbocycles. The monoisotopic (exact) mass is 179 g/mol. The molecule has 0 heterocycles. The molecule has 0 aromatic heterocycles. The van der Waals surface area contributed by atoms with Gasteiger partial charge in [0, 0.05) is 6.54 Å². The van der Waals surface area contributed by atoms with Crippen molar-refractivity contribution in [3.05, 3.63) is 23.8 Å². The van der Waals surface area contributed by atoms with E-state index in [-0.39, 0.29) is 0 Å². The molecule has 13 heavy (non-hydrogen) atoms. The van der Waals surface area contributed by atoms with E-state index in [2.05, 4.69) is 25.2 Å². The zero-order chi connectivity index (χ0) is 9.68. The normalized spacial score (nSPS) is 9.77. The number of benzene rings is 1. The van der Waals surface area contributed by atoms with Crippen LogP contribution in [0.2, 0.25) is 0 Å². The highest BCUT2D eigenvalue weighted by Gasteiger charge is 2.03. The van der Waals surface area contributed by atoms with Gasteiger partial charge in [-0.3, -0.25) is 0 Å². The zero-order valence-electron chi connectivity index (χ0n) is 8.55. The smallest absolute Gasteiger partial charge is 0.142 e. The summed E-state index contributed by atoms with van der Waals surface area (Å²) in [6.45, 7) is 7.80. The summed E-state index contributed by atoms with van der Waals surface area (Å²) in [6.07, 6.45) is 0. The average molecular weight is 179 g/mol. The van der Waals surface area contributed by atoms with E-state index in [9.17, 15) is 0 Å². The third-order valence-corrected chi connectivity index (χ3v) is 1.89. The molecule has 1 aromatic rings. The molecule has 0 atom stereocenters. The SMILES string of the molecule is CCNc1c(C)cccc1OCC. The van der Waals surface area contributed by atoms with Gasteiger partial charge >= 0.3 is 0 Å². The largest absolute Gasteiger partial charge is 0.492 e. The molecule has 2 nitrogen and oxygen atoms in total. The summed E-state index contributed by atoms with van der Waals surface area (Å²) >= 11 is 0. The van der Waals surface area contributed by atoms with Crippen LogP contribution in [0, 0.1) is 6.92 Å². The van der Waals surface area contributed by atoms with E-state index in [1.807, 2.05) is 19.1 Å². The molecule has 2 heteroatoms. The third-order valence-electron chi connectivity index (χ3n) is 1.89. The van der Waals surface area contributed by atoms with Crippen LogP contribution < -0.4 is 10.1 Å². The maximum absolute atomic E-state index is 5.51. The fourth-order valence-electron chi connectivity index (χ4n) is 1.32. The molecule has 0 aliphatic rings. The van der Waals surface area contributed by atoms with Crippen LogP contribution in [0.5, 0.6) is 5.75 Å². The molecular weight excluding hydrogens is 162 g/mol. The topological polar surface area (TPSA) is 21.3 Å². The van der Waals surface area contributed by atoms with Gasteiger partial charge in [-0.25, -0.2) is 0 Å². The van der Waals surface area contributed by atoms with Gasteiger partial charge in [0.1, 0.15) is 5.75 Å². The molecule has 1 rings (SSSR count). The van der Waals surface area contributed by atoms with E-state index < -0.39 is 0 Å². The predicted molar refractivity (Wildman–Crippen MR) is 56.5 cm³/mol. The van der Waals surface area contributed by atoms with E-state index >= 15 is 0 Å². The highest BCUT2D eigenvalue weighted by atomic mass is 16.5. The molecule has 1 aromatic carbocycles. The number of para-hydroxylation sites is 1. The Morgan fingerprint density at radius 2 is 2.08 bits per heavy atom. The number of hydrogen-bond acceptors (Lipinski definition) is 2. The van der Waals surface area contributed by atoms with Crippen LogP contribution in [-0.4, -0.2) is 13.2 Å². The Labute approximate surface area is 79.9 Å². The Bertz CT molecular complexity index is 271. The fourth-order valence-corrected chi connectivity index (χ4v) is 1.32. The molecule has 1 N–H and O–H groups in total. The second-order valence-corrected chi connectivity index (χ2v) is 2.91. The van der Waals surface area contributed by atoms with Gasteiger partial charge in [-0.15, -0.1) is 0 Å². The molecular formula is C11H17NO. The second-order valence-electron chi connectivity index (χ2n) is 2.91. The van der Waals surface area contributed by atoms with Gasteiger partial charge in [-0.05, 0) is 32.4 Å². The minimum absolute atomic E-state index is 0.710. The van der Waals surface area contributed by atoms with E-state index in [0.29, 0.717) is 6.61 Å². The number of rotatable bonds is 4.